The smallest absolute Gasteiger partial charge is 0.119 e. The SMILES string of the molecule is Cc1cc(C)cc(OCCNCc2ccc(Cl)s2)c1. The molecule has 1 aromatic heterocycles. The molecule has 0 saturated carbocycles. The van der Waals surface area contributed by atoms with E-state index >= 15 is 0 Å². The lowest BCUT2D eigenvalue weighted by Gasteiger charge is -2.08. The van der Waals surface area contributed by atoms with Crippen LogP contribution in [0, 0.1) is 13.8 Å². The van der Waals surface area contributed by atoms with E-state index in [4.69, 9.17) is 16.3 Å². The van der Waals surface area contributed by atoms with Crippen LogP contribution in [0.25, 0.3) is 0 Å². The molecule has 0 saturated heterocycles. The highest BCUT2D eigenvalue weighted by molar-refractivity contribution is 7.16. The first-order valence-electron chi connectivity index (χ1n) is 6.29. The van der Waals surface area contributed by atoms with E-state index in [2.05, 4.69) is 37.4 Å². The summed E-state index contributed by atoms with van der Waals surface area (Å²) in [4.78, 5) is 1.25. The van der Waals surface area contributed by atoms with Gasteiger partial charge in [-0.2, -0.15) is 0 Å². The minimum Gasteiger partial charge on any atom is -0.492 e. The van der Waals surface area contributed by atoms with Crippen molar-refractivity contribution in [2.75, 3.05) is 13.2 Å². The normalized spacial score (nSPS) is 10.7. The zero-order chi connectivity index (χ0) is 13.7. The van der Waals surface area contributed by atoms with Gasteiger partial charge in [-0.3, -0.25) is 0 Å². The Morgan fingerprint density at radius 3 is 2.53 bits per heavy atom. The Kier molecular flexibility index (Phi) is 5.25. The van der Waals surface area contributed by atoms with Crippen molar-refractivity contribution >= 4 is 22.9 Å². The zero-order valence-corrected chi connectivity index (χ0v) is 12.8. The van der Waals surface area contributed by atoms with Gasteiger partial charge in [-0.25, -0.2) is 0 Å². The van der Waals surface area contributed by atoms with Gasteiger partial charge in [0.25, 0.3) is 0 Å². The fourth-order valence-electron chi connectivity index (χ4n) is 1.92. The summed E-state index contributed by atoms with van der Waals surface area (Å²) >= 11 is 7.48. The maximum Gasteiger partial charge on any atom is 0.119 e. The fraction of sp³-hybridized carbons (Fsp3) is 0.333. The molecule has 0 aliphatic rings. The highest BCUT2D eigenvalue weighted by Crippen LogP contribution is 2.21. The second kappa shape index (κ2) is 6.94. The highest BCUT2D eigenvalue weighted by atomic mass is 35.5. The number of halogens is 1. The molecule has 4 heteroatoms. The van der Waals surface area contributed by atoms with Crippen molar-refractivity contribution in [3.63, 3.8) is 0 Å². The lowest BCUT2D eigenvalue weighted by atomic mass is 10.1. The Bertz CT molecular complexity index is 518. The minimum absolute atomic E-state index is 0.669. The summed E-state index contributed by atoms with van der Waals surface area (Å²) in [5.41, 5.74) is 2.47. The number of rotatable bonds is 6. The molecule has 2 nitrogen and oxygen atoms in total. The third-order valence-electron chi connectivity index (χ3n) is 2.67. The monoisotopic (exact) mass is 295 g/mol. The topological polar surface area (TPSA) is 21.3 Å². The number of benzene rings is 1. The number of aryl methyl sites for hydroxylation is 2. The largest absolute Gasteiger partial charge is 0.492 e. The van der Waals surface area contributed by atoms with Gasteiger partial charge in [0, 0.05) is 18.0 Å². The molecule has 0 fully saturated rings. The van der Waals surface area contributed by atoms with E-state index in [1.54, 1.807) is 11.3 Å². The summed E-state index contributed by atoms with van der Waals surface area (Å²) in [6.07, 6.45) is 0. The van der Waals surface area contributed by atoms with Gasteiger partial charge in [0.1, 0.15) is 12.4 Å². The van der Waals surface area contributed by atoms with Crippen LogP contribution in [0.5, 0.6) is 5.75 Å². The van der Waals surface area contributed by atoms with Gasteiger partial charge in [0.05, 0.1) is 4.34 Å². The third-order valence-corrected chi connectivity index (χ3v) is 3.90. The maximum absolute atomic E-state index is 5.88. The van der Waals surface area contributed by atoms with Crippen molar-refractivity contribution in [1.29, 1.82) is 0 Å². The van der Waals surface area contributed by atoms with Crippen molar-refractivity contribution in [3.8, 4) is 5.75 Å². The number of ether oxygens (including phenoxy) is 1. The first kappa shape index (κ1) is 14.4. The van der Waals surface area contributed by atoms with Crippen LogP contribution in [-0.2, 0) is 6.54 Å². The number of thiophene rings is 1. The van der Waals surface area contributed by atoms with Crippen molar-refractivity contribution in [3.05, 3.63) is 50.7 Å². The van der Waals surface area contributed by atoms with Crippen LogP contribution >= 0.6 is 22.9 Å². The van der Waals surface area contributed by atoms with Gasteiger partial charge in [0.2, 0.25) is 0 Å². The Labute approximate surface area is 123 Å². The summed E-state index contributed by atoms with van der Waals surface area (Å²) in [6.45, 7) is 6.50. The Morgan fingerprint density at radius 2 is 1.89 bits per heavy atom. The first-order chi connectivity index (χ1) is 9.13. The van der Waals surface area contributed by atoms with E-state index in [-0.39, 0.29) is 0 Å². The molecule has 2 rings (SSSR count). The molecular weight excluding hydrogens is 278 g/mol. The van der Waals surface area contributed by atoms with E-state index in [0.29, 0.717) is 6.61 Å². The molecule has 0 aliphatic carbocycles. The molecule has 0 spiro atoms. The standard InChI is InChI=1S/C15H18ClNOS/c1-11-7-12(2)9-13(8-11)18-6-5-17-10-14-3-4-15(16)19-14/h3-4,7-9,17H,5-6,10H2,1-2H3. The molecule has 0 unspecified atom stereocenters. The highest BCUT2D eigenvalue weighted by Gasteiger charge is 1.99. The van der Waals surface area contributed by atoms with Crippen LogP contribution in [0.2, 0.25) is 4.34 Å². The summed E-state index contributed by atoms with van der Waals surface area (Å²) in [5, 5.41) is 3.34. The van der Waals surface area contributed by atoms with Crippen LogP contribution < -0.4 is 10.1 Å². The van der Waals surface area contributed by atoms with Gasteiger partial charge in [-0.1, -0.05) is 17.7 Å². The van der Waals surface area contributed by atoms with Gasteiger partial charge in [-0.05, 0) is 49.2 Å². The average molecular weight is 296 g/mol. The number of hydrogen-bond donors (Lipinski definition) is 1. The van der Waals surface area contributed by atoms with Crippen LogP contribution in [-0.4, -0.2) is 13.2 Å². The van der Waals surface area contributed by atoms with Crippen molar-refractivity contribution in [2.45, 2.75) is 20.4 Å². The summed E-state index contributed by atoms with van der Waals surface area (Å²) in [6, 6.07) is 10.2. The Morgan fingerprint density at radius 1 is 1.16 bits per heavy atom. The van der Waals surface area contributed by atoms with E-state index in [9.17, 15) is 0 Å². The molecule has 1 aromatic carbocycles. The zero-order valence-electron chi connectivity index (χ0n) is 11.2. The van der Waals surface area contributed by atoms with E-state index in [1.165, 1.54) is 16.0 Å². The minimum atomic E-state index is 0.669. The van der Waals surface area contributed by atoms with Crippen molar-refractivity contribution in [2.24, 2.45) is 0 Å². The summed E-state index contributed by atoms with van der Waals surface area (Å²) in [5.74, 6) is 0.943. The summed E-state index contributed by atoms with van der Waals surface area (Å²) < 4.78 is 6.56. The second-order valence-electron chi connectivity index (χ2n) is 4.55. The molecule has 0 radical (unpaired) electrons. The fourth-order valence-corrected chi connectivity index (χ4v) is 2.97. The van der Waals surface area contributed by atoms with Gasteiger partial charge in [0.15, 0.2) is 0 Å². The predicted octanol–water partition coefficient (Wildman–Crippen LogP) is 4.19. The van der Waals surface area contributed by atoms with Gasteiger partial charge >= 0.3 is 0 Å². The lowest BCUT2D eigenvalue weighted by molar-refractivity contribution is 0.313. The molecule has 0 aliphatic heterocycles. The van der Waals surface area contributed by atoms with Crippen LogP contribution in [0.1, 0.15) is 16.0 Å². The Balaban J connectivity index is 1.69. The first-order valence-corrected chi connectivity index (χ1v) is 7.49. The molecule has 0 bridgehead atoms. The lowest BCUT2D eigenvalue weighted by Crippen LogP contribution is -2.20. The quantitative estimate of drug-likeness (QED) is 0.807. The van der Waals surface area contributed by atoms with E-state index in [0.717, 1.165) is 23.2 Å². The van der Waals surface area contributed by atoms with E-state index < -0.39 is 0 Å². The predicted molar refractivity (Wildman–Crippen MR) is 82.4 cm³/mol. The third kappa shape index (κ3) is 4.86. The molecular formula is C15H18ClNOS. The van der Waals surface area contributed by atoms with Crippen LogP contribution in [0.4, 0.5) is 0 Å². The van der Waals surface area contributed by atoms with Gasteiger partial charge in [-0.15, -0.1) is 11.3 Å². The number of nitrogens with one attached hydrogen (secondary N) is 1. The average Bonchev–Trinajstić information content (AvgIpc) is 2.73. The van der Waals surface area contributed by atoms with Crippen LogP contribution in [0.15, 0.2) is 30.3 Å². The molecule has 19 heavy (non-hydrogen) atoms. The van der Waals surface area contributed by atoms with Crippen LogP contribution in [0.3, 0.4) is 0 Å². The summed E-state index contributed by atoms with van der Waals surface area (Å²) in [7, 11) is 0. The molecule has 0 atom stereocenters. The second-order valence-corrected chi connectivity index (χ2v) is 6.35. The van der Waals surface area contributed by atoms with Crippen molar-refractivity contribution in [1.82, 2.24) is 5.32 Å². The van der Waals surface area contributed by atoms with E-state index in [1.807, 2.05) is 12.1 Å². The Hall–Kier alpha value is -1.03. The maximum atomic E-state index is 5.88. The molecule has 1 heterocycles. The van der Waals surface area contributed by atoms with Gasteiger partial charge < -0.3 is 10.1 Å². The molecule has 1 N–H and O–H groups in total. The molecule has 0 amide bonds. The molecule has 102 valence electrons. The van der Waals surface area contributed by atoms with Crippen molar-refractivity contribution < 1.29 is 4.74 Å². The number of hydrogen-bond acceptors (Lipinski definition) is 3. The molecule has 2 aromatic rings.